The number of benzene rings is 1. The lowest BCUT2D eigenvalue weighted by Crippen LogP contribution is -2.37. The van der Waals surface area contributed by atoms with Gasteiger partial charge < -0.3 is 19.2 Å². The summed E-state index contributed by atoms with van der Waals surface area (Å²) in [5.74, 6) is 0.849. The molecule has 1 saturated carbocycles. The van der Waals surface area contributed by atoms with Crippen molar-refractivity contribution in [3.8, 4) is 0 Å². The Balaban J connectivity index is 0.000000585. The Morgan fingerprint density at radius 3 is 2.29 bits per heavy atom. The van der Waals surface area contributed by atoms with Gasteiger partial charge in [-0.25, -0.2) is 9.78 Å². The van der Waals surface area contributed by atoms with Crippen LogP contribution in [0.4, 0.5) is 4.79 Å². The molecule has 1 aromatic carbocycles. The van der Waals surface area contributed by atoms with Crippen molar-refractivity contribution in [3.05, 3.63) is 75.6 Å². The molecule has 1 atom stereocenters. The number of aliphatic hydroxyl groups excluding tert-OH is 1. The summed E-state index contributed by atoms with van der Waals surface area (Å²) in [5, 5.41) is 11.4. The Bertz CT molecular complexity index is 1080. The van der Waals surface area contributed by atoms with E-state index in [1.807, 2.05) is 51.1 Å². The lowest BCUT2D eigenvalue weighted by atomic mass is 10.0. The van der Waals surface area contributed by atoms with Crippen LogP contribution in [0.2, 0.25) is 0 Å². The molecule has 1 N–H and O–H groups in total. The molecule has 0 radical (unpaired) electrons. The molecular formula is C30H41BrN2O4S. The van der Waals surface area contributed by atoms with Crippen molar-refractivity contribution in [2.75, 3.05) is 11.9 Å². The number of aryl methyl sites for hydroxylation is 1. The van der Waals surface area contributed by atoms with Gasteiger partial charge in [-0.05, 0) is 44.9 Å². The third-order valence-electron chi connectivity index (χ3n) is 6.11. The Labute approximate surface area is 239 Å². The average molecular weight is 606 g/mol. The van der Waals surface area contributed by atoms with Gasteiger partial charge in [0.25, 0.3) is 0 Å². The number of aliphatic hydroxyl groups is 1. The van der Waals surface area contributed by atoms with Crippen LogP contribution < -0.4 is 0 Å². The molecule has 0 aliphatic heterocycles. The predicted octanol–water partition coefficient (Wildman–Crippen LogP) is 8.08. The fourth-order valence-electron chi connectivity index (χ4n) is 4.13. The molecule has 0 saturated heterocycles. The summed E-state index contributed by atoms with van der Waals surface area (Å²) >= 11 is 5.17. The highest BCUT2D eigenvalue weighted by Gasteiger charge is 2.24. The first-order valence-corrected chi connectivity index (χ1v) is 15.5. The first kappa shape index (κ1) is 30.4. The number of thiophene rings is 1. The quantitative estimate of drug-likeness (QED) is 0.250. The lowest BCUT2D eigenvalue weighted by Gasteiger charge is -2.27. The minimum Gasteiger partial charge on any atom is -0.444 e. The van der Waals surface area contributed by atoms with Gasteiger partial charge in [-0.3, -0.25) is 0 Å². The van der Waals surface area contributed by atoms with Crippen LogP contribution in [0.15, 0.2) is 53.1 Å². The van der Waals surface area contributed by atoms with Gasteiger partial charge in [0, 0.05) is 28.0 Å². The zero-order valence-electron chi connectivity index (χ0n) is 22.8. The van der Waals surface area contributed by atoms with E-state index in [2.05, 4.69) is 33.0 Å². The number of nitrogens with zero attached hydrogens (tertiary/aromatic N) is 2. The van der Waals surface area contributed by atoms with E-state index < -0.39 is 11.7 Å². The maximum Gasteiger partial charge on any atom is 0.410 e. The van der Waals surface area contributed by atoms with E-state index in [0.717, 1.165) is 16.6 Å². The van der Waals surface area contributed by atoms with E-state index in [4.69, 9.17) is 9.15 Å². The van der Waals surface area contributed by atoms with Crippen molar-refractivity contribution < 1.29 is 19.1 Å². The van der Waals surface area contributed by atoms with Gasteiger partial charge in [0.05, 0.1) is 12.7 Å². The largest absolute Gasteiger partial charge is 0.444 e. The second-order valence-electron chi connectivity index (χ2n) is 10.6. The Morgan fingerprint density at radius 2 is 1.68 bits per heavy atom. The van der Waals surface area contributed by atoms with Crippen molar-refractivity contribution in [2.24, 2.45) is 0 Å². The molecule has 2 heterocycles. The minimum absolute atomic E-state index is 0.243. The summed E-state index contributed by atoms with van der Waals surface area (Å²) in [6, 6.07) is 13.4. The zero-order valence-corrected chi connectivity index (χ0v) is 25.2. The molecule has 8 heteroatoms. The fraction of sp³-hybridized carbons (Fsp3) is 0.533. The van der Waals surface area contributed by atoms with Crippen molar-refractivity contribution in [3.63, 3.8) is 0 Å². The number of hydrogen-bond acceptors (Lipinski definition) is 6. The highest BCUT2D eigenvalue weighted by molar-refractivity contribution is 9.09. The maximum absolute atomic E-state index is 12.8. The first-order valence-electron chi connectivity index (χ1n) is 13.5. The van der Waals surface area contributed by atoms with Crippen LogP contribution in [0.1, 0.15) is 92.4 Å². The summed E-state index contributed by atoms with van der Waals surface area (Å²) in [6.07, 6.45) is 10.7. The molecule has 2 aromatic heterocycles. The Morgan fingerprint density at radius 1 is 1.05 bits per heavy atom. The molecule has 1 aliphatic carbocycles. The molecule has 0 bridgehead atoms. The normalized spacial score (nSPS) is 14.3. The van der Waals surface area contributed by atoms with Crippen molar-refractivity contribution >= 4 is 33.4 Å². The molecule has 208 valence electrons. The van der Waals surface area contributed by atoms with Gasteiger partial charge in [0.2, 0.25) is 5.89 Å². The standard InChI is InChI=1S/C24H29BrN2O4S.C6H12/c1-24(2,3)31-23(29)27(16-20-10-9-19(32-20)11-13-25)14-12-18-15-26-22(30-18)21(28)17-7-5-4-6-8-17;1-2-4-6-5-3-1/h4-10,15,21,28H,11-14,16H2,1-3H3;1-6H2. The van der Waals surface area contributed by atoms with Crippen LogP contribution in [0.25, 0.3) is 0 Å². The molecule has 1 aliphatic rings. The van der Waals surface area contributed by atoms with Gasteiger partial charge in [-0.1, -0.05) is 84.8 Å². The summed E-state index contributed by atoms with van der Waals surface area (Å²) < 4.78 is 11.4. The summed E-state index contributed by atoms with van der Waals surface area (Å²) in [7, 11) is 0. The number of halogens is 1. The molecule has 0 spiro atoms. The van der Waals surface area contributed by atoms with Crippen molar-refractivity contribution in [2.45, 2.75) is 90.4 Å². The molecule has 1 amide bonds. The van der Waals surface area contributed by atoms with Crippen LogP contribution in [-0.4, -0.2) is 38.6 Å². The first-order chi connectivity index (χ1) is 18.2. The van der Waals surface area contributed by atoms with E-state index in [1.54, 1.807) is 22.4 Å². The average Bonchev–Trinajstić information content (AvgIpc) is 3.57. The van der Waals surface area contributed by atoms with Gasteiger partial charge in [0.15, 0.2) is 6.10 Å². The zero-order chi connectivity index (χ0) is 27.4. The number of ether oxygens (including phenoxy) is 1. The Kier molecular flexibility index (Phi) is 12.3. The highest BCUT2D eigenvalue weighted by Crippen LogP contribution is 2.23. The number of carbonyl (C=O) groups is 1. The Hall–Kier alpha value is -2.16. The van der Waals surface area contributed by atoms with E-state index in [9.17, 15) is 9.90 Å². The van der Waals surface area contributed by atoms with Crippen molar-refractivity contribution in [1.29, 1.82) is 0 Å². The second-order valence-corrected chi connectivity index (χ2v) is 12.6. The van der Waals surface area contributed by atoms with Gasteiger partial charge in [-0.15, -0.1) is 11.3 Å². The molecular weight excluding hydrogens is 564 g/mol. The van der Waals surface area contributed by atoms with E-state index in [1.165, 1.54) is 43.4 Å². The highest BCUT2D eigenvalue weighted by atomic mass is 79.9. The molecule has 4 rings (SSSR count). The van der Waals surface area contributed by atoms with E-state index in [0.29, 0.717) is 30.8 Å². The monoisotopic (exact) mass is 604 g/mol. The molecule has 3 aromatic rings. The van der Waals surface area contributed by atoms with Crippen LogP contribution in [0, 0.1) is 0 Å². The predicted molar refractivity (Wildman–Crippen MR) is 157 cm³/mol. The van der Waals surface area contributed by atoms with E-state index in [-0.39, 0.29) is 12.0 Å². The number of amides is 1. The lowest BCUT2D eigenvalue weighted by molar-refractivity contribution is 0.0235. The minimum atomic E-state index is -0.925. The molecule has 1 fully saturated rings. The van der Waals surface area contributed by atoms with Crippen molar-refractivity contribution in [1.82, 2.24) is 9.88 Å². The number of carbonyl (C=O) groups excluding carboxylic acids is 1. The van der Waals surface area contributed by atoms with Gasteiger partial charge in [-0.2, -0.15) is 0 Å². The smallest absolute Gasteiger partial charge is 0.410 e. The van der Waals surface area contributed by atoms with Crippen LogP contribution in [0.3, 0.4) is 0 Å². The summed E-state index contributed by atoms with van der Waals surface area (Å²) in [4.78, 5) is 21.1. The van der Waals surface area contributed by atoms with Crippen LogP contribution in [-0.2, 0) is 24.1 Å². The van der Waals surface area contributed by atoms with Gasteiger partial charge in [0.1, 0.15) is 11.4 Å². The second kappa shape index (κ2) is 15.4. The topological polar surface area (TPSA) is 75.8 Å². The maximum atomic E-state index is 12.8. The SMILES string of the molecule is C1CCCCC1.CC(C)(C)OC(=O)N(CCc1cnc(C(O)c2ccccc2)o1)Cc1ccc(CCBr)s1. The van der Waals surface area contributed by atoms with Gasteiger partial charge >= 0.3 is 6.09 Å². The molecule has 38 heavy (non-hydrogen) atoms. The summed E-state index contributed by atoms with van der Waals surface area (Å²) in [5.41, 5.74) is 0.138. The van der Waals surface area contributed by atoms with Crippen LogP contribution in [0.5, 0.6) is 0 Å². The number of rotatable bonds is 9. The molecule has 6 nitrogen and oxygen atoms in total. The number of aromatic nitrogens is 1. The number of oxazole rings is 1. The third-order valence-corrected chi connectivity index (χ3v) is 7.63. The van der Waals surface area contributed by atoms with Crippen LogP contribution >= 0.6 is 27.3 Å². The molecule has 1 unspecified atom stereocenters. The number of alkyl halides is 1. The van der Waals surface area contributed by atoms with E-state index >= 15 is 0 Å². The third kappa shape index (κ3) is 10.5. The fourth-order valence-corrected chi connectivity index (χ4v) is 5.86. The summed E-state index contributed by atoms with van der Waals surface area (Å²) in [6.45, 7) is 6.45. The number of hydrogen-bond donors (Lipinski definition) is 1.